The van der Waals surface area contributed by atoms with Gasteiger partial charge >= 0.3 is 0 Å². The van der Waals surface area contributed by atoms with Crippen molar-refractivity contribution in [3.05, 3.63) is 29.3 Å². The molecule has 1 aromatic carbocycles. The molecule has 0 bridgehead atoms. The first-order valence-electron chi connectivity index (χ1n) is 11.4. The number of likely N-dealkylation sites (tertiary alicyclic amines) is 1. The van der Waals surface area contributed by atoms with Crippen molar-refractivity contribution in [2.75, 3.05) is 70.3 Å². The monoisotopic (exact) mass is 542 g/mol. The van der Waals surface area contributed by atoms with E-state index < -0.39 is 0 Å². The fourth-order valence-corrected chi connectivity index (χ4v) is 4.18. The van der Waals surface area contributed by atoms with Crippen molar-refractivity contribution >= 4 is 41.5 Å². The Bertz CT molecular complexity index is 727. The Labute approximate surface area is 204 Å². The minimum atomic E-state index is 0. The SMILES string of the molecule is CCNC(=NCC(=O)N1CCCC1)NCCN1CCN(c2cccc(C)c2C)CC1.I. The van der Waals surface area contributed by atoms with E-state index in [1.165, 1.54) is 16.8 Å². The first-order chi connectivity index (χ1) is 14.6. The van der Waals surface area contributed by atoms with Gasteiger partial charge in [0.15, 0.2) is 5.96 Å². The summed E-state index contributed by atoms with van der Waals surface area (Å²) in [5.74, 6) is 0.867. The molecular formula is C23H39IN6O. The Morgan fingerprint density at radius 3 is 2.42 bits per heavy atom. The van der Waals surface area contributed by atoms with Gasteiger partial charge in [0.2, 0.25) is 5.91 Å². The van der Waals surface area contributed by atoms with Gasteiger partial charge in [-0.05, 0) is 50.8 Å². The number of benzene rings is 1. The number of guanidine groups is 1. The summed E-state index contributed by atoms with van der Waals surface area (Å²) in [4.78, 5) is 23.6. The van der Waals surface area contributed by atoms with Crippen LogP contribution in [-0.2, 0) is 4.79 Å². The van der Waals surface area contributed by atoms with Crippen LogP contribution in [0.1, 0.15) is 30.9 Å². The number of aliphatic imine (C=N–C) groups is 1. The van der Waals surface area contributed by atoms with Gasteiger partial charge in [0.25, 0.3) is 0 Å². The van der Waals surface area contributed by atoms with E-state index in [9.17, 15) is 4.79 Å². The molecule has 2 fully saturated rings. The molecule has 1 aromatic rings. The summed E-state index contributed by atoms with van der Waals surface area (Å²) in [5, 5.41) is 6.63. The highest BCUT2D eigenvalue weighted by molar-refractivity contribution is 14.0. The highest BCUT2D eigenvalue weighted by atomic mass is 127. The van der Waals surface area contributed by atoms with E-state index in [0.717, 1.165) is 77.7 Å². The van der Waals surface area contributed by atoms with Crippen LogP contribution in [0, 0.1) is 13.8 Å². The lowest BCUT2D eigenvalue weighted by atomic mass is 10.1. The average molecular weight is 543 g/mol. The quantitative estimate of drug-likeness (QED) is 0.315. The number of nitrogens with one attached hydrogen (secondary N) is 2. The molecule has 0 saturated carbocycles. The van der Waals surface area contributed by atoms with E-state index in [-0.39, 0.29) is 36.4 Å². The predicted octanol–water partition coefficient (Wildman–Crippen LogP) is 2.22. The Kier molecular flexibility index (Phi) is 10.9. The van der Waals surface area contributed by atoms with Gasteiger partial charge in [-0.3, -0.25) is 9.69 Å². The number of piperazine rings is 1. The molecule has 0 spiro atoms. The van der Waals surface area contributed by atoms with E-state index in [1.54, 1.807) is 0 Å². The number of aryl methyl sites for hydroxylation is 1. The van der Waals surface area contributed by atoms with Gasteiger partial charge in [0.1, 0.15) is 6.54 Å². The molecule has 2 heterocycles. The summed E-state index contributed by atoms with van der Waals surface area (Å²) in [6.45, 7) is 15.3. The number of halogens is 1. The average Bonchev–Trinajstić information content (AvgIpc) is 3.29. The Morgan fingerprint density at radius 1 is 1.03 bits per heavy atom. The Morgan fingerprint density at radius 2 is 1.74 bits per heavy atom. The first kappa shape index (κ1) is 25.7. The van der Waals surface area contributed by atoms with Crippen LogP contribution >= 0.6 is 24.0 Å². The van der Waals surface area contributed by atoms with Gasteiger partial charge in [-0.1, -0.05) is 12.1 Å². The summed E-state index contributed by atoms with van der Waals surface area (Å²) < 4.78 is 0. The van der Waals surface area contributed by atoms with E-state index >= 15 is 0 Å². The first-order valence-corrected chi connectivity index (χ1v) is 11.4. The van der Waals surface area contributed by atoms with Crippen molar-refractivity contribution < 1.29 is 4.79 Å². The molecule has 7 nitrogen and oxygen atoms in total. The van der Waals surface area contributed by atoms with E-state index in [2.05, 4.69) is 57.5 Å². The normalized spacial score (nSPS) is 17.5. The number of anilines is 1. The summed E-state index contributed by atoms with van der Waals surface area (Å²) >= 11 is 0. The Balaban J connectivity index is 0.00000341. The molecule has 0 aromatic heterocycles. The molecule has 31 heavy (non-hydrogen) atoms. The predicted molar refractivity (Wildman–Crippen MR) is 140 cm³/mol. The van der Waals surface area contributed by atoms with Crippen LogP contribution in [0.25, 0.3) is 0 Å². The molecular weight excluding hydrogens is 503 g/mol. The second kappa shape index (κ2) is 13.1. The fourth-order valence-electron chi connectivity index (χ4n) is 4.18. The summed E-state index contributed by atoms with van der Waals surface area (Å²) in [6.07, 6.45) is 2.23. The number of hydrogen-bond donors (Lipinski definition) is 2. The zero-order valence-corrected chi connectivity index (χ0v) is 21.7. The fraction of sp³-hybridized carbons (Fsp3) is 0.652. The number of amides is 1. The molecule has 2 N–H and O–H groups in total. The third-order valence-electron chi connectivity index (χ3n) is 6.18. The minimum absolute atomic E-state index is 0. The highest BCUT2D eigenvalue weighted by Crippen LogP contribution is 2.23. The summed E-state index contributed by atoms with van der Waals surface area (Å²) in [6, 6.07) is 6.58. The van der Waals surface area contributed by atoms with Crippen molar-refractivity contribution in [3.63, 3.8) is 0 Å². The van der Waals surface area contributed by atoms with Crippen molar-refractivity contribution in [1.29, 1.82) is 0 Å². The Hall–Kier alpha value is -1.55. The number of nitrogens with zero attached hydrogens (tertiary/aromatic N) is 4. The molecule has 0 atom stereocenters. The lowest BCUT2D eigenvalue weighted by molar-refractivity contribution is -0.128. The molecule has 8 heteroatoms. The van der Waals surface area contributed by atoms with Gasteiger partial charge in [-0.2, -0.15) is 0 Å². The third kappa shape index (κ3) is 7.52. The van der Waals surface area contributed by atoms with Gasteiger partial charge in [0, 0.05) is 64.6 Å². The molecule has 3 rings (SSSR count). The maximum absolute atomic E-state index is 12.2. The van der Waals surface area contributed by atoms with Crippen LogP contribution in [0.15, 0.2) is 23.2 Å². The zero-order chi connectivity index (χ0) is 21.3. The lowest BCUT2D eigenvalue weighted by Crippen LogP contribution is -2.49. The molecule has 2 aliphatic heterocycles. The van der Waals surface area contributed by atoms with Crippen LogP contribution in [0.5, 0.6) is 0 Å². The second-order valence-corrected chi connectivity index (χ2v) is 8.26. The number of rotatable bonds is 7. The van der Waals surface area contributed by atoms with Gasteiger partial charge < -0.3 is 20.4 Å². The molecule has 174 valence electrons. The van der Waals surface area contributed by atoms with Gasteiger partial charge in [-0.25, -0.2) is 4.99 Å². The molecule has 0 unspecified atom stereocenters. The number of carbonyl (C=O) groups is 1. The maximum Gasteiger partial charge on any atom is 0.244 e. The highest BCUT2D eigenvalue weighted by Gasteiger charge is 2.19. The topological polar surface area (TPSA) is 63.2 Å². The van der Waals surface area contributed by atoms with Crippen LogP contribution < -0.4 is 15.5 Å². The molecule has 1 amide bonds. The molecule has 0 aliphatic carbocycles. The van der Waals surface area contributed by atoms with Crippen molar-refractivity contribution in [2.24, 2.45) is 4.99 Å². The molecule has 2 aliphatic rings. The number of hydrogen-bond acceptors (Lipinski definition) is 4. The smallest absolute Gasteiger partial charge is 0.244 e. The van der Waals surface area contributed by atoms with E-state index in [0.29, 0.717) is 0 Å². The van der Waals surface area contributed by atoms with Crippen LogP contribution in [0.3, 0.4) is 0 Å². The van der Waals surface area contributed by atoms with Crippen LogP contribution in [0.4, 0.5) is 5.69 Å². The number of carbonyl (C=O) groups excluding carboxylic acids is 1. The zero-order valence-electron chi connectivity index (χ0n) is 19.3. The second-order valence-electron chi connectivity index (χ2n) is 8.26. The summed E-state index contributed by atoms with van der Waals surface area (Å²) in [7, 11) is 0. The van der Waals surface area contributed by atoms with Gasteiger partial charge in [0.05, 0.1) is 0 Å². The van der Waals surface area contributed by atoms with Crippen LogP contribution in [-0.4, -0.2) is 87.1 Å². The lowest BCUT2D eigenvalue weighted by Gasteiger charge is -2.37. The van der Waals surface area contributed by atoms with Crippen molar-refractivity contribution in [3.8, 4) is 0 Å². The summed E-state index contributed by atoms with van der Waals surface area (Å²) in [5.41, 5.74) is 4.12. The molecule has 2 saturated heterocycles. The largest absolute Gasteiger partial charge is 0.369 e. The van der Waals surface area contributed by atoms with Crippen LogP contribution in [0.2, 0.25) is 0 Å². The third-order valence-corrected chi connectivity index (χ3v) is 6.18. The van der Waals surface area contributed by atoms with Gasteiger partial charge in [-0.15, -0.1) is 24.0 Å². The van der Waals surface area contributed by atoms with E-state index in [4.69, 9.17) is 0 Å². The minimum Gasteiger partial charge on any atom is -0.369 e. The maximum atomic E-state index is 12.2. The van der Waals surface area contributed by atoms with Crippen molar-refractivity contribution in [1.82, 2.24) is 20.4 Å². The van der Waals surface area contributed by atoms with E-state index in [1.807, 2.05) is 11.8 Å². The molecule has 0 radical (unpaired) electrons. The standard InChI is InChI=1S/C23H38N6O.HI/c1-4-24-23(26-18-22(30)29-11-5-6-12-29)25-10-13-27-14-16-28(17-15-27)21-9-7-8-19(2)20(21)3;/h7-9H,4-6,10-18H2,1-3H3,(H2,24,25,26);1H. The van der Waals surface area contributed by atoms with Crippen molar-refractivity contribution in [2.45, 2.75) is 33.6 Å².